The molecule has 29 heavy (non-hydrogen) atoms. The standard InChI is InChI=1S/C20H24N2O7/c1-27-12-7-8-15(16(9-12)28-2)21-17(23)11-29-18(24)10-22-19(25)13-5-3-4-6-14(13)20(22)26/h7-9,13-14H,3-6,10-11H2,1-2H3,(H,21,23)/t13-,14-/m1/s1. The van der Waals surface area contributed by atoms with E-state index in [1.165, 1.54) is 14.2 Å². The molecule has 0 unspecified atom stereocenters. The normalized spacial score (nSPS) is 20.8. The van der Waals surface area contributed by atoms with Gasteiger partial charge in [0.15, 0.2) is 6.61 Å². The zero-order valence-corrected chi connectivity index (χ0v) is 16.4. The van der Waals surface area contributed by atoms with Crippen molar-refractivity contribution in [2.24, 2.45) is 11.8 Å². The highest BCUT2D eigenvalue weighted by Crippen LogP contribution is 2.37. The monoisotopic (exact) mass is 404 g/mol. The van der Waals surface area contributed by atoms with E-state index >= 15 is 0 Å². The molecule has 9 nitrogen and oxygen atoms in total. The SMILES string of the molecule is COc1ccc(NC(=O)COC(=O)CN2C(=O)[C@@H]3CCCC[C@H]3C2=O)c(OC)c1. The van der Waals surface area contributed by atoms with Crippen LogP contribution in [0.15, 0.2) is 18.2 Å². The van der Waals surface area contributed by atoms with Gasteiger partial charge in [-0.2, -0.15) is 0 Å². The minimum absolute atomic E-state index is 0.316. The molecular weight excluding hydrogens is 380 g/mol. The van der Waals surface area contributed by atoms with Crippen molar-refractivity contribution in [3.63, 3.8) is 0 Å². The fraction of sp³-hybridized carbons (Fsp3) is 0.500. The quantitative estimate of drug-likeness (QED) is 0.539. The van der Waals surface area contributed by atoms with Crippen molar-refractivity contribution < 1.29 is 33.4 Å². The van der Waals surface area contributed by atoms with E-state index in [0.717, 1.165) is 17.7 Å². The number of fused-ring (bicyclic) bond motifs is 1. The first-order valence-electron chi connectivity index (χ1n) is 9.47. The zero-order valence-electron chi connectivity index (χ0n) is 16.4. The number of anilines is 1. The fourth-order valence-corrected chi connectivity index (χ4v) is 3.80. The average Bonchev–Trinajstić information content (AvgIpc) is 2.97. The zero-order chi connectivity index (χ0) is 21.0. The van der Waals surface area contributed by atoms with Crippen LogP contribution in [0.3, 0.4) is 0 Å². The Morgan fingerprint density at radius 3 is 2.31 bits per heavy atom. The van der Waals surface area contributed by atoms with E-state index in [9.17, 15) is 19.2 Å². The Hall–Kier alpha value is -3.10. The Morgan fingerprint density at radius 2 is 1.72 bits per heavy atom. The number of hydrogen-bond acceptors (Lipinski definition) is 7. The lowest BCUT2D eigenvalue weighted by Gasteiger charge is -2.19. The van der Waals surface area contributed by atoms with Crippen LogP contribution in [0.4, 0.5) is 5.69 Å². The van der Waals surface area contributed by atoms with Gasteiger partial charge in [-0.05, 0) is 25.0 Å². The number of imide groups is 1. The summed E-state index contributed by atoms with van der Waals surface area (Å²) in [4.78, 5) is 49.9. The minimum atomic E-state index is -0.804. The number of carbonyl (C=O) groups excluding carboxylic acids is 4. The van der Waals surface area contributed by atoms with Crippen LogP contribution in [0.2, 0.25) is 0 Å². The lowest BCUT2D eigenvalue weighted by Crippen LogP contribution is -2.37. The number of carbonyl (C=O) groups is 4. The van der Waals surface area contributed by atoms with Gasteiger partial charge in [0.2, 0.25) is 11.8 Å². The van der Waals surface area contributed by atoms with Gasteiger partial charge in [-0.25, -0.2) is 0 Å². The molecule has 1 aromatic carbocycles. The van der Waals surface area contributed by atoms with E-state index in [1.54, 1.807) is 18.2 Å². The van der Waals surface area contributed by atoms with E-state index in [2.05, 4.69) is 5.32 Å². The minimum Gasteiger partial charge on any atom is -0.497 e. The van der Waals surface area contributed by atoms with Crippen molar-refractivity contribution in [3.8, 4) is 11.5 Å². The largest absolute Gasteiger partial charge is 0.497 e. The molecule has 156 valence electrons. The number of amides is 3. The lowest BCUT2D eigenvalue weighted by molar-refractivity contribution is -0.154. The summed E-state index contributed by atoms with van der Waals surface area (Å²) < 4.78 is 15.2. The molecule has 3 amide bonds. The van der Waals surface area contributed by atoms with E-state index < -0.39 is 25.0 Å². The highest BCUT2D eigenvalue weighted by Gasteiger charge is 2.48. The molecule has 2 atom stereocenters. The summed E-state index contributed by atoms with van der Waals surface area (Å²) in [7, 11) is 2.96. The molecule has 1 aliphatic heterocycles. The Labute approximate surface area is 168 Å². The Morgan fingerprint density at radius 1 is 1.07 bits per heavy atom. The number of ether oxygens (including phenoxy) is 3. The molecule has 1 saturated carbocycles. The van der Waals surface area contributed by atoms with Crippen LogP contribution in [-0.4, -0.2) is 56.0 Å². The van der Waals surface area contributed by atoms with Gasteiger partial charge in [-0.1, -0.05) is 12.8 Å². The summed E-state index contributed by atoms with van der Waals surface area (Å²) >= 11 is 0. The maximum Gasteiger partial charge on any atom is 0.326 e. The molecule has 1 saturated heterocycles. The van der Waals surface area contributed by atoms with Gasteiger partial charge in [0.05, 0.1) is 31.7 Å². The molecule has 1 N–H and O–H groups in total. The number of nitrogens with one attached hydrogen (secondary N) is 1. The Bertz CT molecular complexity index is 799. The second-order valence-corrected chi connectivity index (χ2v) is 7.04. The third kappa shape index (κ3) is 4.49. The predicted molar refractivity (Wildman–Crippen MR) is 101 cm³/mol. The molecular formula is C20H24N2O7. The van der Waals surface area contributed by atoms with Gasteiger partial charge in [-0.3, -0.25) is 24.1 Å². The smallest absolute Gasteiger partial charge is 0.326 e. The third-order valence-electron chi connectivity index (χ3n) is 5.27. The van der Waals surface area contributed by atoms with Gasteiger partial charge >= 0.3 is 5.97 Å². The molecule has 1 aromatic rings. The van der Waals surface area contributed by atoms with Gasteiger partial charge < -0.3 is 19.5 Å². The van der Waals surface area contributed by atoms with Crippen molar-refractivity contribution in [2.45, 2.75) is 25.7 Å². The molecule has 0 aromatic heterocycles. The number of benzene rings is 1. The average molecular weight is 404 g/mol. The summed E-state index contributed by atoms with van der Waals surface area (Å²) in [6, 6.07) is 4.85. The molecule has 2 fully saturated rings. The summed E-state index contributed by atoms with van der Waals surface area (Å²) in [6.45, 7) is -1.01. The van der Waals surface area contributed by atoms with Crippen molar-refractivity contribution in [3.05, 3.63) is 18.2 Å². The van der Waals surface area contributed by atoms with E-state index in [4.69, 9.17) is 14.2 Å². The van der Waals surface area contributed by atoms with E-state index in [1.807, 2.05) is 0 Å². The van der Waals surface area contributed by atoms with Crippen molar-refractivity contribution in [2.75, 3.05) is 32.7 Å². The molecule has 1 heterocycles. The first kappa shape index (κ1) is 20.6. The van der Waals surface area contributed by atoms with Crippen molar-refractivity contribution >= 4 is 29.4 Å². The fourth-order valence-electron chi connectivity index (χ4n) is 3.80. The molecule has 0 bridgehead atoms. The summed E-state index contributed by atoms with van der Waals surface area (Å²) in [5.74, 6) is -1.71. The summed E-state index contributed by atoms with van der Waals surface area (Å²) in [5, 5.41) is 2.58. The number of hydrogen-bond donors (Lipinski definition) is 1. The molecule has 2 aliphatic rings. The summed E-state index contributed by atoms with van der Waals surface area (Å²) in [6.07, 6.45) is 3.17. The number of esters is 1. The highest BCUT2D eigenvalue weighted by atomic mass is 16.5. The predicted octanol–water partition coefficient (Wildman–Crippen LogP) is 1.36. The number of nitrogens with zero attached hydrogens (tertiary/aromatic N) is 1. The topological polar surface area (TPSA) is 111 Å². The molecule has 3 rings (SSSR count). The van der Waals surface area contributed by atoms with E-state index in [-0.39, 0.29) is 23.7 Å². The first-order valence-corrected chi connectivity index (χ1v) is 9.47. The summed E-state index contributed by atoms with van der Waals surface area (Å²) in [5.41, 5.74) is 0.392. The van der Waals surface area contributed by atoms with Gasteiger partial charge in [0.1, 0.15) is 18.0 Å². The Balaban J connectivity index is 1.51. The second kappa shape index (κ2) is 8.93. The Kier molecular flexibility index (Phi) is 6.36. The first-order chi connectivity index (χ1) is 13.9. The van der Waals surface area contributed by atoms with Crippen LogP contribution in [-0.2, 0) is 23.9 Å². The van der Waals surface area contributed by atoms with Crippen molar-refractivity contribution in [1.82, 2.24) is 4.90 Å². The van der Waals surface area contributed by atoms with Gasteiger partial charge in [0, 0.05) is 6.07 Å². The second-order valence-electron chi connectivity index (χ2n) is 7.04. The van der Waals surface area contributed by atoms with Crippen LogP contribution in [0.25, 0.3) is 0 Å². The van der Waals surface area contributed by atoms with Crippen LogP contribution in [0.1, 0.15) is 25.7 Å². The number of methoxy groups -OCH3 is 2. The highest BCUT2D eigenvalue weighted by molar-refractivity contribution is 6.07. The maximum absolute atomic E-state index is 12.4. The van der Waals surface area contributed by atoms with Gasteiger partial charge in [-0.15, -0.1) is 0 Å². The van der Waals surface area contributed by atoms with Crippen LogP contribution in [0, 0.1) is 11.8 Å². The van der Waals surface area contributed by atoms with E-state index in [0.29, 0.717) is 30.0 Å². The third-order valence-corrected chi connectivity index (χ3v) is 5.27. The molecule has 1 aliphatic carbocycles. The van der Waals surface area contributed by atoms with Crippen molar-refractivity contribution in [1.29, 1.82) is 0 Å². The van der Waals surface area contributed by atoms with Crippen LogP contribution in [0.5, 0.6) is 11.5 Å². The molecule has 0 radical (unpaired) electrons. The van der Waals surface area contributed by atoms with Crippen LogP contribution >= 0.6 is 0 Å². The van der Waals surface area contributed by atoms with Crippen LogP contribution < -0.4 is 14.8 Å². The number of likely N-dealkylation sites (tertiary alicyclic amines) is 1. The molecule has 9 heteroatoms. The number of rotatable bonds is 7. The lowest BCUT2D eigenvalue weighted by atomic mass is 9.81. The van der Waals surface area contributed by atoms with Gasteiger partial charge in [0.25, 0.3) is 5.91 Å². The maximum atomic E-state index is 12.4. The molecule has 0 spiro atoms.